The molecule has 1 unspecified atom stereocenters. The molecule has 0 aromatic carbocycles. The van der Waals surface area contributed by atoms with Crippen LogP contribution in [0.2, 0.25) is 0 Å². The summed E-state index contributed by atoms with van der Waals surface area (Å²) < 4.78 is 0. The third-order valence-electron chi connectivity index (χ3n) is 3.34. The van der Waals surface area contributed by atoms with Crippen molar-refractivity contribution in [3.05, 3.63) is 0 Å². The topological polar surface area (TPSA) is 0 Å². The third-order valence-corrected chi connectivity index (χ3v) is 3.34. The van der Waals surface area contributed by atoms with Crippen molar-refractivity contribution in [2.24, 2.45) is 23.7 Å². The van der Waals surface area contributed by atoms with Crippen LogP contribution in [-0.2, 0) is 0 Å². The molecule has 3 aliphatic rings. The third kappa shape index (κ3) is 0.720. The molecule has 52 valence electrons. The average Bonchev–Trinajstić information content (AvgIpc) is 2.12. The minimum Gasteiger partial charge on any atom is -0.0625 e. The van der Waals surface area contributed by atoms with Crippen LogP contribution in [0.4, 0.5) is 0 Å². The van der Waals surface area contributed by atoms with Gasteiger partial charge in [-0.15, -0.1) is 0 Å². The Hall–Kier alpha value is 0. The summed E-state index contributed by atoms with van der Waals surface area (Å²) in [6.45, 7) is 4.76. The Labute approximate surface area is 57.6 Å². The number of hydrogen-bond acceptors (Lipinski definition) is 0. The zero-order chi connectivity index (χ0) is 6.43. The van der Waals surface area contributed by atoms with E-state index < -0.39 is 0 Å². The Morgan fingerprint density at radius 1 is 1.11 bits per heavy atom. The maximum absolute atomic E-state index is 2.38. The van der Waals surface area contributed by atoms with Crippen LogP contribution in [0.5, 0.6) is 0 Å². The van der Waals surface area contributed by atoms with Gasteiger partial charge in [-0.1, -0.05) is 13.8 Å². The van der Waals surface area contributed by atoms with Gasteiger partial charge in [-0.2, -0.15) is 0 Å². The highest BCUT2D eigenvalue weighted by atomic mass is 14.5. The van der Waals surface area contributed by atoms with Gasteiger partial charge < -0.3 is 0 Å². The van der Waals surface area contributed by atoms with Crippen molar-refractivity contribution >= 4 is 0 Å². The second kappa shape index (κ2) is 1.74. The molecule has 0 radical (unpaired) electrons. The lowest BCUT2D eigenvalue weighted by Gasteiger charge is -2.26. The normalized spacial score (nSPS) is 47.7. The average molecular weight is 124 g/mol. The van der Waals surface area contributed by atoms with Crippen LogP contribution in [0.25, 0.3) is 0 Å². The Balaban J connectivity index is 2.00. The second-order valence-corrected chi connectivity index (χ2v) is 4.24. The molecule has 2 bridgehead atoms. The lowest BCUT2D eigenvalue weighted by Crippen LogP contribution is -2.16. The molecule has 0 heterocycles. The predicted octanol–water partition coefficient (Wildman–Crippen LogP) is 2.69. The molecular formula is C9H16. The van der Waals surface area contributed by atoms with E-state index in [1.165, 1.54) is 0 Å². The molecule has 0 aromatic heterocycles. The number of hydrogen-bond donors (Lipinski definition) is 0. The van der Waals surface area contributed by atoms with E-state index in [1.54, 1.807) is 19.3 Å². The number of rotatable bonds is 1. The predicted molar refractivity (Wildman–Crippen MR) is 39.2 cm³/mol. The molecule has 0 aliphatic heterocycles. The quantitative estimate of drug-likeness (QED) is 0.504. The molecule has 0 heteroatoms. The first-order chi connectivity index (χ1) is 4.27. The van der Waals surface area contributed by atoms with Gasteiger partial charge in [0.05, 0.1) is 0 Å². The summed E-state index contributed by atoms with van der Waals surface area (Å²) in [5, 5.41) is 0. The van der Waals surface area contributed by atoms with E-state index in [0.29, 0.717) is 0 Å². The molecular weight excluding hydrogens is 108 g/mol. The fraction of sp³-hybridized carbons (Fsp3) is 1.00. The minimum atomic E-state index is 0.961. The van der Waals surface area contributed by atoms with Gasteiger partial charge in [-0.3, -0.25) is 0 Å². The van der Waals surface area contributed by atoms with E-state index in [0.717, 1.165) is 23.7 Å². The minimum absolute atomic E-state index is 0.961. The van der Waals surface area contributed by atoms with Crippen molar-refractivity contribution in [3.63, 3.8) is 0 Å². The second-order valence-electron chi connectivity index (χ2n) is 4.24. The molecule has 3 saturated carbocycles. The van der Waals surface area contributed by atoms with Gasteiger partial charge in [-0.05, 0) is 42.9 Å². The Kier molecular flexibility index (Phi) is 1.12. The number of fused-ring (bicyclic) bond motifs is 1. The smallest absolute Gasteiger partial charge is 0.0360 e. The highest BCUT2D eigenvalue weighted by Crippen LogP contribution is 2.54. The molecule has 0 amide bonds. The monoisotopic (exact) mass is 124 g/mol. The molecule has 1 atom stereocenters. The molecule has 9 heavy (non-hydrogen) atoms. The van der Waals surface area contributed by atoms with E-state index in [9.17, 15) is 0 Å². The zero-order valence-corrected chi connectivity index (χ0v) is 6.43. The lowest BCUT2D eigenvalue weighted by molar-refractivity contribution is 0.245. The molecule has 0 aromatic rings. The first-order valence-electron chi connectivity index (χ1n) is 4.27. The van der Waals surface area contributed by atoms with Crippen molar-refractivity contribution in [2.45, 2.75) is 33.1 Å². The van der Waals surface area contributed by atoms with Gasteiger partial charge in [-0.25, -0.2) is 0 Å². The van der Waals surface area contributed by atoms with Gasteiger partial charge in [0, 0.05) is 0 Å². The molecule has 0 spiro atoms. The van der Waals surface area contributed by atoms with Crippen LogP contribution in [0, 0.1) is 23.7 Å². The van der Waals surface area contributed by atoms with Gasteiger partial charge >= 0.3 is 0 Å². The van der Waals surface area contributed by atoms with Crippen LogP contribution in [0.3, 0.4) is 0 Å². The fourth-order valence-electron chi connectivity index (χ4n) is 2.72. The van der Waals surface area contributed by atoms with Crippen molar-refractivity contribution in [1.82, 2.24) is 0 Å². The van der Waals surface area contributed by atoms with E-state index in [4.69, 9.17) is 0 Å². The standard InChI is InChI=1S/C9H16/c1-6(2)9-5-7-3-8(9)4-7/h6-9H,3-5H2,1-2H3. The molecule has 0 saturated heterocycles. The summed E-state index contributed by atoms with van der Waals surface area (Å²) in [6, 6.07) is 0. The van der Waals surface area contributed by atoms with E-state index in [-0.39, 0.29) is 0 Å². The molecule has 0 nitrogen and oxygen atoms in total. The fourth-order valence-corrected chi connectivity index (χ4v) is 2.72. The Bertz CT molecular complexity index is 109. The van der Waals surface area contributed by atoms with Gasteiger partial charge in [0.25, 0.3) is 0 Å². The first-order valence-corrected chi connectivity index (χ1v) is 4.27. The summed E-state index contributed by atoms with van der Waals surface area (Å²) in [5.74, 6) is 4.37. The molecule has 3 rings (SSSR count). The Morgan fingerprint density at radius 3 is 2.00 bits per heavy atom. The highest BCUT2D eigenvalue weighted by Gasteiger charge is 2.44. The van der Waals surface area contributed by atoms with E-state index in [1.807, 2.05) is 0 Å². The van der Waals surface area contributed by atoms with Crippen LogP contribution in [0.15, 0.2) is 0 Å². The van der Waals surface area contributed by atoms with E-state index >= 15 is 0 Å². The van der Waals surface area contributed by atoms with Crippen LogP contribution in [-0.4, -0.2) is 0 Å². The molecule has 3 fully saturated rings. The van der Waals surface area contributed by atoms with E-state index in [2.05, 4.69) is 13.8 Å². The summed E-state index contributed by atoms with van der Waals surface area (Å²) in [5.41, 5.74) is 0. The van der Waals surface area contributed by atoms with Crippen molar-refractivity contribution in [1.29, 1.82) is 0 Å². The summed E-state index contributed by atoms with van der Waals surface area (Å²) in [6.07, 6.45) is 4.70. The summed E-state index contributed by atoms with van der Waals surface area (Å²) in [7, 11) is 0. The van der Waals surface area contributed by atoms with Crippen LogP contribution < -0.4 is 0 Å². The van der Waals surface area contributed by atoms with Crippen molar-refractivity contribution < 1.29 is 0 Å². The van der Waals surface area contributed by atoms with Crippen molar-refractivity contribution in [2.75, 3.05) is 0 Å². The maximum Gasteiger partial charge on any atom is -0.0360 e. The summed E-state index contributed by atoms with van der Waals surface area (Å²) in [4.78, 5) is 0. The zero-order valence-electron chi connectivity index (χ0n) is 6.43. The first kappa shape index (κ1) is 5.76. The maximum atomic E-state index is 2.38. The van der Waals surface area contributed by atoms with Crippen LogP contribution >= 0.6 is 0 Å². The van der Waals surface area contributed by atoms with Crippen LogP contribution in [0.1, 0.15) is 33.1 Å². The van der Waals surface area contributed by atoms with Gasteiger partial charge in [0.1, 0.15) is 0 Å². The largest absolute Gasteiger partial charge is 0.0625 e. The SMILES string of the molecule is CC(C)C1CC2CC1C2. The Morgan fingerprint density at radius 2 is 1.78 bits per heavy atom. The summed E-state index contributed by atoms with van der Waals surface area (Å²) >= 11 is 0. The van der Waals surface area contributed by atoms with Crippen molar-refractivity contribution in [3.8, 4) is 0 Å². The molecule has 3 aliphatic carbocycles. The lowest BCUT2D eigenvalue weighted by atomic mass is 9.80. The van der Waals surface area contributed by atoms with Gasteiger partial charge in [0.15, 0.2) is 0 Å². The van der Waals surface area contributed by atoms with Gasteiger partial charge in [0.2, 0.25) is 0 Å². The highest BCUT2D eigenvalue weighted by molar-refractivity contribution is 4.95. The molecule has 0 N–H and O–H groups in total.